The maximum Gasteiger partial charge on any atom is 0.415 e. The third-order valence-corrected chi connectivity index (χ3v) is 3.43. The second-order valence-electron chi connectivity index (χ2n) is 4.78. The Balaban J connectivity index is 1.87. The van der Waals surface area contributed by atoms with Crippen molar-refractivity contribution in [1.82, 2.24) is 0 Å². The van der Waals surface area contributed by atoms with E-state index in [0.29, 0.717) is 18.8 Å². The molecule has 1 aromatic rings. The third-order valence-electron chi connectivity index (χ3n) is 3.43. The fraction of sp³-hybridized carbons (Fsp3) is 0.462. The average molecular weight is 249 g/mol. The smallest absolute Gasteiger partial charge is 0.415 e. The highest BCUT2D eigenvalue weighted by Crippen LogP contribution is 2.36. The Hall–Kier alpha value is -1.75. The van der Waals surface area contributed by atoms with Crippen molar-refractivity contribution in [2.24, 2.45) is 0 Å². The van der Waals surface area contributed by atoms with Crippen molar-refractivity contribution < 1.29 is 19.4 Å². The zero-order valence-corrected chi connectivity index (χ0v) is 9.96. The molecule has 0 aliphatic carbocycles. The van der Waals surface area contributed by atoms with Crippen molar-refractivity contribution >= 4 is 11.8 Å². The van der Waals surface area contributed by atoms with Gasteiger partial charge in [0.2, 0.25) is 0 Å². The SMILES string of the molecule is O=C1OC2(CCCOC2)CN1c1ccccc1O. The van der Waals surface area contributed by atoms with Crippen LogP contribution in [-0.4, -0.2) is 36.6 Å². The van der Waals surface area contributed by atoms with Crippen LogP contribution in [0.15, 0.2) is 24.3 Å². The molecular formula is C13H15NO4. The van der Waals surface area contributed by atoms with Gasteiger partial charge in [-0.05, 0) is 25.0 Å². The molecule has 1 amide bonds. The van der Waals surface area contributed by atoms with Crippen LogP contribution in [0.3, 0.4) is 0 Å². The van der Waals surface area contributed by atoms with E-state index in [1.807, 2.05) is 0 Å². The largest absolute Gasteiger partial charge is 0.506 e. The molecule has 0 bridgehead atoms. The van der Waals surface area contributed by atoms with Crippen molar-refractivity contribution in [3.05, 3.63) is 24.3 Å². The Morgan fingerprint density at radius 2 is 2.17 bits per heavy atom. The summed E-state index contributed by atoms with van der Waals surface area (Å²) in [6, 6.07) is 6.77. The third kappa shape index (κ3) is 1.80. The van der Waals surface area contributed by atoms with Crippen LogP contribution in [0, 0.1) is 0 Å². The number of rotatable bonds is 1. The molecule has 3 rings (SSSR count). The molecule has 1 atom stereocenters. The number of hydrogen-bond donors (Lipinski definition) is 1. The Kier molecular flexibility index (Phi) is 2.63. The van der Waals surface area contributed by atoms with Gasteiger partial charge in [0.05, 0.1) is 18.8 Å². The first-order valence-electron chi connectivity index (χ1n) is 6.06. The maximum atomic E-state index is 11.9. The highest BCUT2D eigenvalue weighted by molar-refractivity contribution is 5.92. The molecule has 5 nitrogen and oxygen atoms in total. The van der Waals surface area contributed by atoms with Gasteiger partial charge in [-0.3, -0.25) is 4.90 Å². The van der Waals surface area contributed by atoms with Crippen LogP contribution >= 0.6 is 0 Å². The van der Waals surface area contributed by atoms with Gasteiger partial charge in [-0.15, -0.1) is 0 Å². The van der Waals surface area contributed by atoms with Gasteiger partial charge in [0.15, 0.2) is 5.60 Å². The number of nitrogens with zero attached hydrogens (tertiary/aromatic N) is 1. The van der Waals surface area contributed by atoms with Crippen LogP contribution in [0.5, 0.6) is 5.75 Å². The van der Waals surface area contributed by atoms with E-state index in [9.17, 15) is 9.90 Å². The van der Waals surface area contributed by atoms with Crippen LogP contribution in [0.2, 0.25) is 0 Å². The van der Waals surface area contributed by atoms with Gasteiger partial charge in [-0.1, -0.05) is 12.1 Å². The van der Waals surface area contributed by atoms with Gasteiger partial charge < -0.3 is 14.6 Å². The number of ether oxygens (including phenoxy) is 2. The van der Waals surface area contributed by atoms with Crippen LogP contribution < -0.4 is 4.90 Å². The monoisotopic (exact) mass is 249 g/mol. The van der Waals surface area contributed by atoms with Crippen LogP contribution in [0.4, 0.5) is 10.5 Å². The van der Waals surface area contributed by atoms with E-state index in [2.05, 4.69) is 0 Å². The molecular weight excluding hydrogens is 234 g/mol. The predicted octanol–water partition coefficient (Wildman–Crippen LogP) is 1.90. The molecule has 0 radical (unpaired) electrons. The first-order chi connectivity index (χ1) is 8.70. The molecule has 18 heavy (non-hydrogen) atoms. The van der Waals surface area contributed by atoms with Crippen LogP contribution in [0.1, 0.15) is 12.8 Å². The molecule has 1 spiro atoms. The first-order valence-corrected chi connectivity index (χ1v) is 6.06. The van der Waals surface area contributed by atoms with E-state index in [1.165, 1.54) is 4.90 Å². The zero-order valence-electron chi connectivity index (χ0n) is 9.96. The fourth-order valence-corrected chi connectivity index (χ4v) is 2.53. The molecule has 2 aliphatic heterocycles. The molecule has 1 unspecified atom stereocenters. The van der Waals surface area contributed by atoms with Crippen LogP contribution in [0.25, 0.3) is 0 Å². The lowest BCUT2D eigenvalue weighted by atomic mass is 9.96. The number of aromatic hydroxyl groups is 1. The Morgan fingerprint density at radius 1 is 1.33 bits per heavy atom. The molecule has 2 fully saturated rings. The van der Waals surface area contributed by atoms with Crippen molar-refractivity contribution in [2.75, 3.05) is 24.7 Å². The molecule has 0 saturated carbocycles. The first kappa shape index (κ1) is 11.3. The minimum absolute atomic E-state index is 0.0863. The Labute approximate surface area is 105 Å². The lowest BCUT2D eigenvalue weighted by Crippen LogP contribution is -2.42. The summed E-state index contributed by atoms with van der Waals surface area (Å²) in [5.74, 6) is 0.0863. The fourth-order valence-electron chi connectivity index (χ4n) is 2.53. The van der Waals surface area contributed by atoms with Crippen molar-refractivity contribution in [3.8, 4) is 5.75 Å². The normalized spacial score (nSPS) is 27.6. The molecule has 2 aliphatic rings. The molecule has 5 heteroatoms. The van der Waals surface area contributed by atoms with Gasteiger partial charge in [0.1, 0.15) is 5.75 Å². The highest BCUT2D eigenvalue weighted by atomic mass is 16.6. The van der Waals surface area contributed by atoms with E-state index in [4.69, 9.17) is 9.47 Å². The molecule has 0 aromatic heterocycles. The minimum atomic E-state index is -0.544. The number of carbonyl (C=O) groups is 1. The number of para-hydroxylation sites is 2. The van der Waals surface area contributed by atoms with Gasteiger partial charge in [-0.25, -0.2) is 4.79 Å². The molecule has 2 saturated heterocycles. The minimum Gasteiger partial charge on any atom is -0.506 e. The van der Waals surface area contributed by atoms with Gasteiger partial charge in [0, 0.05) is 6.61 Å². The number of carbonyl (C=O) groups excluding carboxylic acids is 1. The second-order valence-corrected chi connectivity index (χ2v) is 4.78. The quantitative estimate of drug-likeness (QED) is 0.825. The molecule has 1 aromatic carbocycles. The molecule has 2 heterocycles. The summed E-state index contributed by atoms with van der Waals surface area (Å²) < 4.78 is 10.9. The summed E-state index contributed by atoms with van der Waals surface area (Å²) in [4.78, 5) is 13.4. The number of hydrogen-bond acceptors (Lipinski definition) is 4. The second kappa shape index (κ2) is 4.17. The Bertz CT molecular complexity index is 468. The summed E-state index contributed by atoms with van der Waals surface area (Å²) in [6.07, 6.45) is 1.28. The Morgan fingerprint density at radius 3 is 2.89 bits per heavy atom. The van der Waals surface area contributed by atoms with E-state index in [1.54, 1.807) is 24.3 Å². The summed E-state index contributed by atoms with van der Waals surface area (Å²) in [7, 11) is 0. The highest BCUT2D eigenvalue weighted by Gasteiger charge is 2.47. The molecule has 96 valence electrons. The van der Waals surface area contributed by atoms with E-state index in [0.717, 1.165) is 19.4 Å². The number of benzene rings is 1. The summed E-state index contributed by atoms with van der Waals surface area (Å²) >= 11 is 0. The zero-order chi connectivity index (χ0) is 12.6. The van der Waals surface area contributed by atoms with Crippen molar-refractivity contribution in [3.63, 3.8) is 0 Å². The van der Waals surface area contributed by atoms with Crippen molar-refractivity contribution in [1.29, 1.82) is 0 Å². The topological polar surface area (TPSA) is 59.0 Å². The summed E-state index contributed by atoms with van der Waals surface area (Å²) in [5.41, 5.74) is -0.0533. The van der Waals surface area contributed by atoms with Crippen molar-refractivity contribution in [2.45, 2.75) is 18.4 Å². The maximum absolute atomic E-state index is 11.9. The lowest BCUT2D eigenvalue weighted by molar-refractivity contribution is -0.0643. The van der Waals surface area contributed by atoms with Gasteiger partial charge in [-0.2, -0.15) is 0 Å². The number of phenols is 1. The van der Waals surface area contributed by atoms with E-state index in [-0.39, 0.29) is 5.75 Å². The lowest BCUT2D eigenvalue weighted by Gasteiger charge is -2.30. The summed E-state index contributed by atoms with van der Waals surface area (Å²) in [5, 5.41) is 9.79. The van der Waals surface area contributed by atoms with E-state index < -0.39 is 11.7 Å². The number of amides is 1. The van der Waals surface area contributed by atoms with Gasteiger partial charge >= 0.3 is 6.09 Å². The van der Waals surface area contributed by atoms with Gasteiger partial charge in [0.25, 0.3) is 0 Å². The number of phenolic OH excluding ortho intramolecular Hbond substituents is 1. The summed E-state index contributed by atoms with van der Waals surface area (Å²) in [6.45, 7) is 1.59. The molecule has 1 N–H and O–H groups in total. The predicted molar refractivity (Wildman–Crippen MR) is 64.7 cm³/mol. The van der Waals surface area contributed by atoms with E-state index >= 15 is 0 Å². The van der Waals surface area contributed by atoms with Crippen LogP contribution in [-0.2, 0) is 9.47 Å². The standard InChI is InChI=1S/C13H15NO4/c15-11-5-2-1-4-10(11)14-8-13(18-12(14)16)6-3-7-17-9-13/h1-2,4-5,15H,3,6-9H2. The average Bonchev–Trinajstić information content (AvgIpc) is 2.67. The number of anilines is 1.